The predicted molar refractivity (Wildman–Crippen MR) is 120 cm³/mol. The van der Waals surface area contributed by atoms with Gasteiger partial charge < -0.3 is 15.4 Å². The van der Waals surface area contributed by atoms with Gasteiger partial charge in [0.1, 0.15) is 5.75 Å². The molecule has 2 rings (SSSR count). The first kappa shape index (κ1) is 24.9. The normalized spacial score (nSPS) is 14.8. The van der Waals surface area contributed by atoms with Crippen molar-refractivity contribution in [1.29, 1.82) is 0 Å². The van der Waals surface area contributed by atoms with Gasteiger partial charge in [-0.25, -0.2) is 13.2 Å². The Balaban J connectivity index is 2.11. The summed E-state index contributed by atoms with van der Waals surface area (Å²) in [6.07, 6.45) is 4.35. The van der Waals surface area contributed by atoms with Crippen molar-refractivity contribution >= 4 is 27.6 Å². The van der Waals surface area contributed by atoms with Crippen LogP contribution in [0.1, 0.15) is 52.9 Å². The Morgan fingerprint density at radius 1 is 1.16 bits per heavy atom. The number of benzene rings is 1. The molecule has 1 aliphatic heterocycles. The van der Waals surface area contributed by atoms with E-state index in [2.05, 4.69) is 16.0 Å². The van der Waals surface area contributed by atoms with Crippen LogP contribution in [0.3, 0.4) is 0 Å². The van der Waals surface area contributed by atoms with Crippen molar-refractivity contribution in [2.75, 3.05) is 31.5 Å². The number of imide groups is 1. The van der Waals surface area contributed by atoms with E-state index >= 15 is 0 Å². The van der Waals surface area contributed by atoms with Gasteiger partial charge in [0.05, 0.1) is 23.2 Å². The van der Waals surface area contributed by atoms with Crippen LogP contribution >= 0.6 is 0 Å². The predicted octanol–water partition coefficient (Wildman–Crippen LogP) is 2.69. The van der Waals surface area contributed by atoms with E-state index < -0.39 is 22.0 Å². The Morgan fingerprint density at radius 2 is 1.87 bits per heavy atom. The van der Waals surface area contributed by atoms with Gasteiger partial charge in [-0.3, -0.25) is 10.1 Å². The Bertz CT molecular complexity index is 851. The molecule has 0 saturated carbocycles. The van der Waals surface area contributed by atoms with Crippen molar-refractivity contribution in [1.82, 2.24) is 14.9 Å². The molecule has 0 radical (unpaired) electrons. The summed E-state index contributed by atoms with van der Waals surface area (Å²) in [5.41, 5.74) is 0.383. The first-order chi connectivity index (χ1) is 14.7. The van der Waals surface area contributed by atoms with Crippen molar-refractivity contribution in [3.63, 3.8) is 0 Å². The fourth-order valence-electron chi connectivity index (χ4n) is 3.19. The van der Waals surface area contributed by atoms with Crippen LogP contribution in [0, 0.1) is 0 Å². The molecule has 1 saturated heterocycles. The molecule has 0 unspecified atom stereocenters. The van der Waals surface area contributed by atoms with E-state index in [-0.39, 0.29) is 17.5 Å². The molecule has 3 N–H and O–H groups in total. The molecule has 1 aliphatic rings. The lowest BCUT2D eigenvalue weighted by Crippen LogP contribution is -2.42. The van der Waals surface area contributed by atoms with Gasteiger partial charge in [0.15, 0.2) is 0 Å². The number of hydrogen-bond acceptors (Lipinski definition) is 6. The Kier molecular flexibility index (Phi) is 9.57. The van der Waals surface area contributed by atoms with E-state index in [0.29, 0.717) is 31.1 Å². The maximum absolute atomic E-state index is 13.0. The number of amides is 3. The van der Waals surface area contributed by atoms with Crippen LogP contribution in [0.4, 0.5) is 10.5 Å². The fourth-order valence-corrected chi connectivity index (χ4v) is 4.73. The van der Waals surface area contributed by atoms with Crippen LogP contribution in [-0.4, -0.2) is 56.9 Å². The minimum atomic E-state index is -3.63. The third-order valence-corrected chi connectivity index (χ3v) is 6.67. The fraction of sp³-hybridized carbons (Fsp3) is 0.619. The van der Waals surface area contributed by atoms with E-state index in [1.807, 2.05) is 20.8 Å². The van der Waals surface area contributed by atoms with Crippen LogP contribution in [-0.2, 0) is 14.8 Å². The number of nitrogens with zero attached hydrogens (tertiary/aromatic N) is 1. The van der Waals surface area contributed by atoms with Crippen molar-refractivity contribution in [2.45, 2.75) is 63.9 Å². The quantitative estimate of drug-likeness (QED) is 0.468. The molecule has 0 atom stereocenters. The largest absolute Gasteiger partial charge is 0.489 e. The Morgan fingerprint density at radius 3 is 2.52 bits per heavy atom. The molecule has 0 aliphatic carbocycles. The maximum atomic E-state index is 13.0. The van der Waals surface area contributed by atoms with Crippen LogP contribution in [0.2, 0.25) is 0 Å². The van der Waals surface area contributed by atoms with E-state index in [9.17, 15) is 18.0 Å². The number of rotatable bonds is 10. The van der Waals surface area contributed by atoms with Crippen molar-refractivity contribution in [2.24, 2.45) is 0 Å². The topological polar surface area (TPSA) is 117 Å². The molecular weight excluding hydrogens is 420 g/mol. The zero-order chi connectivity index (χ0) is 22.9. The lowest BCUT2D eigenvalue weighted by Gasteiger charge is -2.26. The average Bonchev–Trinajstić information content (AvgIpc) is 2.73. The number of hydrogen-bond donors (Lipinski definition) is 3. The monoisotopic (exact) mass is 454 g/mol. The number of carbonyl (C=O) groups excluding carboxylic acids is 2. The third kappa shape index (κ3) is 7.70. The Hall–Kier alpha value is -2.33. The smallest absolute Gasteiger partial charge is 0.321 e. The van der Waals surface area contributed by atoms with Gasteiger partial charge in [0.2, 0.25) is 15.9 Å². The SMILES string of the molecule is CCCCNC(=O)NC(=O)CNc1cc(S(=O)(=O)N2CCCCC2)ccc1OC(C)C. The summed E-state index contributed by atoms with van der Waals surface area (Å²) in [6.45, 7) is 7.01. The molecule has 1 aromatic carbocycles. The maximum Gasteiger partial charge on any atom is 0.321 e. The third-order valence-electron chi connectivity index (χ3n) is 4.77. The zero-order valence-corrected chi connectivity index (χ0v) is 19.4. The second-order valence-corrected chi connectivity index (χ2v) is 9.74. The zero-order valence-electron chi connectivity index (χ0n) is 18.6. The molecule has 0 spiro atoms. The van der Waals surface area contributed by atoms with Crippen LogP contribution in [0.5, 0.6) is 5.75 Å². The van der Waals surface area contributed by atoms with Crippen LogP contribution in [0.25, 0.3) is 0 Å². The number of piperidine rings is 1. The van der Waals surface area contributed by atoms with E-state index in [1.165, 1.54) is 16.4 Å². The summed E-state index contributed by atoms with van der Waals surface area (Å²) in [5, 5.41) is 7.76. The van der Waals surface area contributed by atoms with Gasteiger partial charge >= 0.3 is 6.03 Å². The highest BCUT2D eigenvalue weighted by molar-refractivity contribution is 7.89. The molecule has 0 aromatic heterocycles. The highest BCUT2D eigenvalue weighted by Crippen LogP contribution is 2.30. The summed E-state index contributed by atoms with van der Waals surface area (Å²) in [6, 6.07) is 4.04. The Labute approximate surface area is 185 Å². The first-order valence-corrected chi connectivity index (χ1v) is 12.3. The lowest BCUT2D eigenvalue weighted by molar-refractivity contribution is -0.118. The molecule has 31 heavy (non-hydrogen) atoms. The molecule has 9 nitrogen and oxygen atoms in total. The van der Waals surface area contributed by atoms with Crippen molar-refractivity contribution in [3.05, 3.63) is 18.2 Å². The molecule has 1 aromatic rings. The average molecular weight is 455 g/mol. The minimum Gasteiger partial charge on any atom is -0.489 e. The molecule has 174 valence electrons. The standard InChI is InChI=1S/C21H34N4O5S/c1-4-5-11-22-21(27)24-20(26)15-23-18-14-17(9-10-19(18)30-16(2)3)31(28,29)25-12-7-6-8-13-25/h9-10,14,16,23H,4-8,11-13,15H2,1-3H3,(H2,22,24,26,27). The number of sulfonamides is 1. The van der Waals surface area contributed by atoms with Crippen molar-refractivity contribution < 1.29 is 22.7 Å². The van der Waals surface area contributed by atoms with Gasteiger partial charge in [0.25, 0.3) is 0 Å². The van der Waals surface area contributed by atoms with E-state index in [1.54, 1.807) is 6.07 Å². The summed E-state index contributed by atoms with van der Waals surface area (Å²) < 4.78 is 33.3. The van der Waals surface area contributed by atoms with E-state index in [4.69, 9.17) is 4.74 Å². The summed E-state index contributed by atoms with van der Waals surface area (Å²) in [5.74, 6) is -0.0958. The molecular formula is C21H34N4O5S. The van der Waals surface area contributed by atoms with Gasteiger partial charge in [-0.05, 0) is 51.3 Å². The number of anilines is 1. The van der Waals surface area contributed by atoms with E-state index in [0.717, 1.165) is 32.1 Å². The second-order valence-electron chi connectivity index (χ2n) is 7.80. The summed E-state index contributed by atoms with van der Waals surface area (Å²) >= 11 is 0. The molecule has 3 amide bonds. The van der Waals surface area contributed by atoms with Crippen LogP contribution < -0.4 is 20.7 Å². The number of urea groups is 1. The molecule has 1 heterocycles. The van der Waals surface area contributed by atoms with Gasteiger partial charge in [-0.2, -0.15) is 4.31 Å². The van der Waals surface area contributed by atoms with Gasteiger partial charge in [-0.15, -0.1) is 0 Å². The molecule has 0 bridgehead atoms. The van der Waals surface area contributed by atoms with Crippen LogP contribution in [0.15, 0.2) is 23.1 Å². The highest BCUT2D eigenvalue weighted by Gasteiger charge is 2.27. The number of carbonyl (C=O) groups is 2. The van der Waals surface area contributed by atoms with Gasteiger partial charge in [-0.1, -0.05) is 19.8 Å². The number of nitrogens with one attached hydrogen (secondary N) is 3. The summed E-state index contributed by atoms with van der Waals surface area (Å²) in [4.78, 5) is 24.0. The molecule has 1 fully saturated rings. The second kappa shape index (κ2) is 11.9. The minimum absolute atomic E-state index is 0.136. The lowest BCUT2D eigenvalue weighted by atomic mass is 10.2. The number of unbranched alkanes of at least 4 members (excludes halogenated alkanes) is 1. The summed E-state index contributed by atoms with van der Waals surface area (Å²) in [7, 11) is -3.63. The van der Waals surface area contributed by atoms with Gasteiger partial charge in [0, 0.05) is 19.6 Å². The highest BCUT2D eigenvalue weighted by atomic mass is 32.2. The molecule has 10 heteroatoms. The van der Waals surface area contributed by atoms with Crippen molar-refractivity contribution in [3.8, 4) is 5.75 Å². The number of ether oxygens (including phenoxy) is 1. The first-order valence-electron chi connectivity index (χ1n) is 10.9.